The number of carbonyl (C=O) groups excluding carboxylic acids is 1. The molecule has 3 aromatic rings. The van der Waals surface area contributed by atoms with Crippen LogP contribution in [-0.2, 0) is 0 Å². The van der Waals surface area contributed by atoms with Gasteiger partial charge in [0, 0.05) is 19.3 Å². The molecular weight excluding hydrogens is 380 g/mol. The monoisotopic (exact) mass is 404 g/mol. The van der Waals surface area contributed by atoms with Gasteiger partial charge in [-0.1, -0.05) is 18.2 Å². The Bertz CT molecular complexity index is 1010. The third-order valence-corrected chi connectivity index (χ3v) is 5.08. The molecule has 0 spiro atoms. The number of carbonyl (C=O) groups is 1. The number of para-hydroxylation sites is 1. The zero-order valence-electron chi connectivity index (χ0n) is 16.5. The number of rotatable bonds is 6. The van der Waals surface area contributed by atoms with Crippen molar-refractivity contribution in [3.05, 3.63) is 78.0 Å². The van der Waals surface area contributed by atoms with Crippen molar-refractivity contribution in [1.29, 1.82) is 0 Å². The molecule has 2 heterocycles. The largest absolute Gasteiger partial charge is 0.457 e. The second kappa shape index (κ2) is 8.94. The van der Waals surface area contributed by atoms with Crippen molar-refractivity contribution < 1.29 is 14.3 Å². The predicted molar refractivity (Wildman–Crippen MR) is 114 cm³/mol. The zero-order chi connectivity index (χ0) is 20.9. The molecule has 4 N–H and O–H groups in total. The van der Waals surface area contributed by atoms with E-state index in [4.69, 9.17) is 21.1 Å². The van der Waals surface area contributed by atoms with Crippen molar-refractivity contribution in [1.82, 2.24) is 9.99 Å². The van der Waals surface area contributed by atoms with Crippen molar-refractivity contribution in [2.45, 2.75) is 18.8 Å². The third kappa shape index (κ3) is 4.76. The smallest absolute Gasteiger partial charge is 0.254 e. The van der Waals surface area contributed by atoms with Crippen LogP contribution in [0.15, 0.2) is 66.9 Å². The Balaban J connectivity index is 1.50. The van der Waals surface area contributed by atoms with E-state index in [9.17, 15) is 4.79 Å². The van der Waals surface area contributed by atoms with E-state index < -0.39 is 5.91 Å². The quantitative estimate of drug-likeness (QED) is 0.606. The molecular formula is C23H24N4O3. The summed E-state index contributed by atoms with van der Waals surface area (Å²) in [6, 6.07) is 18.4. The van der Waals surface area contributed by atoms with E-state index in [2.05, 4.69) is 4.98 Å². The van der Waals surface area contributed by atoms with Gasteiger partial charge in [-0.05, 0) is 66.8 Å². The van der Waals surface area contributed by atoms with Gasteiger partial charge < -0.3 is 15.2 Å². The number of ether oxygens (including phenoxy) is 2. The van der Waals surface area contributed by atoms with Gasteiger partial charge in [-0.25, -0.2) is 9.99 Å². The van der Waals surface area contributed by atoms with Gasteiger partial charge in [-0.2, -0.15) is 0 Å². The minimum Gasteiger partial charge on any atom is -0.457 e. The van der Waals surface area contributed by atoms with Gasteiger partial charge >= 0.3 is 0 Å². The number of nitrogens with zero attached hydrogens (tertiary/aromatic N) is 2. The SMILES string of the molecule is NC(=O)c1cc([C@H]2CCCN(N)C2)cnc1Oc1ccc(Oc2ccccc2)cc1. The van der Waals surface area contributed by atoms with Gasteiger partial charge in [0.05, 0.1) is 0 Å². The number of aromatic nitrogens is 1. The zero-order valence-corrected chi connectivity index (χ0v) is 16.5. The molecule has 1 amide bonds. The van der Waals surface area contributed by atoms with Crippen LogP contribution in [0.25, 0.3) is 0 Å². The van der Waals surface area contributed by atoms with Crippen molar-refractivity contribution >= 4 is 5.91 Å². The molecule has 1 aliphatic rings. The van der Waals surface area contributed by atoms with Crippen LogP contribution < -0.4 is 21.1 Å². The first-order valence-electron chi connectivity index (χ1n) is 9.89. The van der Waals surface area contributed by atoms with Crippen LogP contribution in [0.4, 0.5) is 0 Å². The number of pyridine rings is 1. The van der Waals surface area contributed by atoms with Crippen LogP contribution in [0.1, 0.15) is 34.7 Å². The highest BCUT2D eigenvalue weighted by molar-refractivity contribution is 5.95. The van der Waals surface area contributed by atoms with E-state index in [1.807, 2.05) is 30.3 Å². The molecule has 2 aromatic carbocycles. The van der Waals surface area contributed by atoms with Gasteiger partial charge in [0.25, 0.3) is 5.91 Å². The molecule has 1 aliphatic heterocycles. The van der Waals surface area contributed by atoms with Crippen LogP contribution in [0.3, 0.4) is 0 Å². The molecule has 0 aliphatic carbocycles. The van der Waals surface area contributed by atoms with Crippen LogP contribution >= 0.6 is 0 Å². The first-order valence-corrected chi connectivity index (χ1v) is 9.89. The standard InChI is InChI=1S/C23H24N4O3/c24-22(28)21-13-17(16-5-4-12-27(25)15-16)14-26-23(21)30-20-10-8-19(9-11-20)29-18-6-2-1-3-7-18/h1-3,6-11,13-14,16H,4-5,12,15,25H2,(H2,24,28)/t16-/m0/s1. The van der Waals surface area contributed by atoms with E-state index >= 15 is 0 Å². The lowest BCUT2D eigenvalue weighted by Crippen LogP contribution is -2.39. The van der Waals surface area contributed by atoms with Crippen molar-refractivity contribution in [2.75, 3.05) is 13.1 Å². The molecule has 154 valence electrons. The Labute approximate surface area is 175 Å². The highest BCUT2D eigenvalue weighted by Gasteiger charge is 2.22. The summed E-state index contributed by atoms with van der Waals surface area (Å²) in [7, 11) is 0. The third-order valence-electron chi connectivity index (χ3n) is 5.08. The summed E-state index contributed by atoms with van der Waals surface area (Å²) in [5.41, 5.74) is 6.79. The molecule has 4 rings (SSSR count). The Morgan fingerprint density at radius 2 is 1.67 bits per heavy atom. The summed E-state index contributed by atoms with van der Waals surface area (Å²) in [4.78, 5) is 16.4. The maximum absolute atomic E-state index is 12.0. The van der Waals surface area contributed by atoms with Gasteiger partial charge in [-0.15, -0.1) is 0 Å². The topological polar surface area (TPSA) is 104 Å². The molecule has 0 unspecified atom stereocenters. The number of hydrogen-bond donors (Lipinski definition) is 2. The molecule has 1 atom stereocenters. The minimum atomic E-state index is -0.580. The molecule has 7 nitrogen and oxygen atoms in total. The number of nitrogens with two attached hydrogens (primary N) is 2. The second-order valence-corrected chi connectivity index (χ2v) is 7.31. The average molecular weight is 404 g/mol. The maximum atomic E-state index is 12.0. The van der Waals surface area contributed by atoms with Crippen LogP contribution in [0.2, 0.25) is 0 Å². The van der Waals surface area contributed by atoms with Gasteiger partial charge in [-0.3, -0.25) is 10.6 Å². The van der Waals surface area contributed by atoms with Gasteiger partial charge in [0.2, 0.25) is 5.88 Å². The van der Waals surface area contributed by atoms with E-state index in [0.717, 1.165) is 37.2 Å². The van der Waals surface area contributed by atoms with Crippen LogP contribution in [-0.4, -0.2) is 29.0 Å². The molecule has 1 fully saturated rings. The van der Waals surface area contributed by atoms with Crippen molar-refractivity contribution in [3.8, 4) is 23.1 Å². The number of amides is 1. The highest BCUT2D eigenvalue weighted by Crippen LogP contribution is 2.31. The summed E-state index contributed by atoms with van der Waals surface area (Å²) in [6.45, 7) is 1.60. The average Bonchev–Trinajstić information content (AvgIpc) is 2.76. The van der Waals surface area contributed by atoms with Crippen LogP contribution in [0, 0.1) is 0 Å². The van der Waals surface area contributed by atoms with E-state index in [1.165, 1.54) is 0 Å². The minimum absolute atomic E-state index is 0.184. The van der Waals surface area contributed by atoms with E-state index in [0.29, 0.717) is 11.5 Å². The Hall–Kier alpha value is -3.42. The van der Waals surface area contributed by atoms with Gasteiger partial charge in [0.15, 0.2) is 0 Å². The van der Waals surface area contributed by atoms with Crippen molar-refractivity contribution in [2.24, 2.45) is 11.6 Å². The van der Waals surface area contributed by atoms with Gasteiger partial charge in [0.1, 0.15) is 22.8 Å². The van der Waals surface area contributed by atoms with E-state index in [-0.39, 0.29) is 17.4 Å². The first kappa shape index (κ1) is 19.9. The molecule has 30 heavy (non-hydrogen) atoms. The van der Waals surface area contributed by atoms with E-state index in [1.54, 1.807) is 41.5 Å². The fraction of sp³-hybridized carbons (Fsp3) is 0.217. The summed E-state index contributed by atoms with van der Waals surface area (Å²) >= 11 is 0. The number of hydrogen-bond acceptors (Lipinski definition) is 6. The number of benzene rings is 2. The maximum Gasteiger partial charge on any atom is 0.254 e. The molecule has 0 saturated carbocycles. The molecule has 1 aromatic heterocycles. The fourth-order valence-corrected chi connectivity index (χ4v) is 3.54. The summed E-state index contributed by atoms with van der Waals surface area (Å²) in [5, 5.41) is 1.79. The first-order chi connectivity index (χ1) is 14.6. The summed E-state index contributed by atoms with van der Waals surface area (Å²) in [5.74, 6) is 7.72. The second-order valence-electron chi connectivity index (χ2n) is 7.31. The molecule has 0 radical (unpaired) electrons. The number of primary amides is 1. The number of piperidine rings is 1. The number of hydrazine groups is 1. The normalized spacial score (nSPS) is 16.8. The lowest BCUT2D eigenvalue weighted by atomic mass is 9.91. The Morgan fingerprint density at radius 3 is 2.33 bits per heavy atom. The molecule has 1 saturated heterocycles. The lowest BCUT2D eigenvalue weighted by Gasteiger charge is -2.29. The van der Waals surface area contributed by atoms with Crippen molar-refractivity contribution in [3.63, 3.8) is 0 Å². The Morgan fingerprint density at radius 1 is 1.00 bits per heavy atom. The fourth-order valence-electron chi connectivity index (χ4n) is 3.54. The molecule has 0 bridgehead atoms. The summed E-state index contributed by atoms with van der Waals surface area (Å²) in [6.07, 6.45) is 3.73. The Kier molecular flexibility index (Phi) is 5.92. The predicted octanol–water partition coefficient (Wildman–Crippen LogP) is 3.82. The van der Waals surface area contributed by atoms with Crippen LogP contribution in [0.5, 0.6) is 23.1 Å². The molecule has 7 heteroatoms. The lowest BCUT2D eigenvalue weighted by molar-refractivity contribution is 0.0997. The summed E-state index contributed by atoms with van der Waals surface area (Å²) < 4.78 is 11.6. The highest BCUT2D eigenvalue weighted by atomic mass is 16.5.